The van der Waals surface area contributed by atoms with Crippen molar-refractivity contribution >= 4 is 5.69 Å². The average Bonchev–Trinajstić information content (AvgIpc) is 2.89. The van der Waals surface area contributed by atoms with Crippen molar-refractivity contribution in [2.45, 2.75) is 58.3 Å². The van der Waals surface area contributed by atoms with Crippen LogP contribution in [-0.4, -0.2) is 85.9 Å². The van der Waals surface area contributed by atoms with E-state index < -0.39 is 0 Å². The van der Waals surface area contributed by atoms with E-state index in [0.29, 0.717) is 79.3 Å². The quantitative estimate of drug-likeness (QED) is 0.125. The summed E-state index contributed by atoms with van der Waals surface area (Å²) in [4.78, 5) is 0. The molecular formula is C28H51NO7. The van der Waals surface area contributed by atoms with Crippen molar-refractivity contribution < 1.29 is 33.2 Å². The van der Waals surface area contributed by atoms with Crippen LogP contribution in [0.25, 0.3) is 0 Å². The summed E-state index contributed by atoms with van der Waals surface area (Å²) in [6.07, 6.45) is 10.6. The maximum absolute atomic E-state index is 5.63. The number of hydrogen-bond acceptors (Lipinski definition) is 8. The van der Waals surface area contributed by atoms with Gasteiger partial charge in [-0.05, 0) is 30.7 Å². The van der Waals surface area contributed by atoms with Gasteiger partial charge in [-0.25, -0.2) is 0 Å². The Bertz CT molecular complexity index is 559. The van der Waals surface area contributed by atoms with Crippen LogP contribution in [0.2, 0.25) is 0 Å². The fourth-order valence-electron chi connectivity index (χ4n) is 3.32. The summed E-state index contributed by atoms with van der Waals surface area (Å²) in [7, 11) is 0. The maximum atomic E-state index is 5.63. The minimum atomic E-state index is 0.491. The van der Waals surface area contributed by atoms with Crippen LogP contribution in [-0.2, 0) is 28.4 Å². The van der Waals surface area contributed by atoms with Crippen molar-refractivity contribution in [3.8, 4) is 5.75 Å². The molecule has 0 radical (unpaired) electrons. The zero-order chi connectivity index (χ0) is 25.8. The van der Waals surface area contributed by atoms with E-state index in [0.717, 1.165) is 24.5 Å². The highest BCUT2D eigenvalue weighted by Crippen LogP contribution is 2.12. The third kappa shape index (κ3) is 23.0. The van der Waals surface area contributed by atoms with Crippen LogP contribution in [0.3, 0.4) is 0 Å². The molecular weight excluding hydrogens is 462 g/mol. The monoisotopic (exact) mass is 513 g/mol. The minimum Gasteiger partial charge on any atom is -0.491 e. The summed E-state index contributed by atoms with van der Waals surface area (Å²) >= 11 is 0. The molecule has 210 valence electrons. The molecule has 0 amide bonds. The summed E-state index contributed by atoms with van der Waals surface area (Å²) in [5.41, 5.74) is 6.35. The normalized spacial score (nSPS) is 11.2. The Labute approximate surface area is 219 Å². The lowest BCUT2D eigenvalue weighted by molar-refractivity contribution is -0.0179. The van der Waals surface area contributed by atoms with Crippen molar-refractivity contribution in [1.29, 1.82) is 0 Å². The van der Waals surface area contributed by atoms with E-state index in [1.54, 1.807) is 0 Å². The number of nitrogens with two attached hydrogens (primary N) is 1. The Morgan fingerprint density at radius 2 is 0.806 bits per heavy atom. The van der Waals surface area contributed by atoms with Gasteiger partial charge in [0.05, 0.1) is 72.7 Å². The van der Waals surface area contributed by atoms with Gasteiger partial charge in [0.15, 0.2) is 0 Å². The van der Waals surface area contributed by atoms with Gasteiger partial charge in [0, 0.05) is 12.3 Å². The number of benzene rings is 1. The lowest BCUT2D eigenvalue weighted by atomic mass is 10.1. The molecule has 0 aromatic heterocycles. The van der Waals surface area contributed by atoms with Crippen molar-refractivity contribution in [3.63, 3.8) is 0 Å². The molecule has 0 heterocycles. The molecule has 0 fully saturated rings. The number of unbranched alkanes of at least 4 members (excludes halogenated alkanes) is 7. The smallest absolute Gasteiger partial charge is 0.119 e. The summed E-state index contributed by atoms with van der Waals surface area (Å²) in [5, 5.41) is 0. The van der Waals surface area contributed by atoms with Gasteiger partial charge in [-0.2, -0.15) is 0 Å². The highest BCUT2D eigenvalue weighted by Gasteiger charge is 1.96. The van der Waals surface area contributed by atoms with E-state index in [1.165, 1.54) is 44.9 Å². The second-order valence-corrected chi connectivity index (χ2v) is 8.57. The van der Waals surface area contributed by atoms with E-state index in [2.05, 4.69) is 6.92 Å². The highest BCUT2D eigenvalue weighted by atomic mass is 16.6. The molecule has 0 saturated carbocycles. The van der Waals surface area contributed by atoms with Crippen LogP contribution in [0.4, 0.5) is 5.69 Å². The van der Waals surface area contributed by atoms with E-state index in [4.69, 9.17) is 38.9 Å². The lowest BCUT2D eigenvalue weighted by Crippen LogP contribution is -2.14. The van der Waals surface area contributed by atoms with Gasteiger partial charge in [-0.15, -0.1) is 0 Å². The van der Waals surface area contributed by atoms with Crippen LogP contribution < -0.4 is 10.5 Å². The SMILES string of the molecule is CCCCCCCCCCOCCOCCOCCOCCOCCOCCOc1ccc(N)cc1. The molecule has 1 rings (SSSR count). The van der Waals surface area contributed by atoms with Gasteiger partial charge in [0.2, 0.25) is 0 Å². The Kier molecular flexibility index (Phi) is 24.1. The highest BCUT2D eigenvalue weighted by molar-refractivity contribution is 5.41. The van der Waals surface area contributed by atoms with Crippen LogP contribution in [0.1, 0.15) is 58.3 Å². The van der Waals surface area contributed by atoms with Crippen molar-refractivity contribution in [1.82, 2.24) is 0 Å². The van der Waals surface area contributed by atoms with Crippen LogP contribution >= 0.6 is 0 Å². The zero-order valence-corrected chi connectivity index (χ0v) is 22.6. The summed E-state index contributed by atoms with van der Waals surface area (Å²) < 4.78 is 38.6. The van der Waals surface area contributed by atoms with Crippen molar-refractivity contribution in [2.24, 2.45) is 0 Å². The number of hydrogen-bond donors (Lipinski definition) is 1. The first kappa shape index (κ1) is 32.6. The first-order valence-electron chi connectivity index (χ1n) is 13.8. The molecule has 0 bridgehead atoms. The van der Waals surface area contributed by atoms with E-state index in [9.17, 15) is 0 Å². The van der Waals surface area contributed by atoms with Crippen LogP contribution in [0.15, 0.2) is 24.3 Å². The first-order chi connectivity index (χ1) is 17.8. The van der Waals surface area contributed by atoms with Gasteiger partial charge >= 0.3 is 0 Å². The number of anilines is 1. The standard InChI is InChI=1S/C28H51NO7/c1-2-3-4-5-6-7-8-9-14-30-15-16-31-17-18-32-19-20-33-21-22-34-23-24-35-25-26-36-28-12-10-27(29)11-13-28/h10-13H,2-9,14-26,29H2,1H3. The summed E-state index contributed by atoms with van der Waals surface area (Å²) in [6, 6.07) is 7.30. The van der Waals surface area contributed by atoms with Crippen LogP contribution in [0.5, 0.6) is 5.75 Å². The molecule has 2 N–H and O–H groups in total. The van der Waals surface area contributed by atoms with Crippen molar-refractivity contribution in [2.75, 3.05) is 91.6 Å². The predicted octanol–water partition coefficient (Wildman–Crippen LogP) is 4.89. The molecule has 0 atom stereocenters. The van der Waals surface area contributed by atoms with Gasteiger partial charge in [-0.3, -0.25) is 0 Å². The van der Waals surface area contributed by atoms with Gasteiger partial charge < -0.3 is 38.9 Å². The topological polar surface area (TPSA) is 90.6 Å². The number of ether oxygens (including phenoxy) is 7. The van der Waals surface area contributed by atoms with E-state index >= 15 is 0 Å². The summed E-state index contributed by atoms with van der Waals surface area (Å²) in [5.74, 6) is 0.784. The maximum Gasteiger partial charge on any atom is 0.119 e. The van der Waals surface area contributed by atoms with Gasteiger partial charge in [0.1, 0.15) is 12.4 Å². The Hall–Kier alpha value is -1.42. The number of nitrogen functional groups attached to an aromatic ring is 1. The summed E-state index contributed by atoms with van der Waals surface area (Å²) in [6.45, 7) is 9.74. The molecule has 1 aromatic rings. The first-order valence-corrected chi connectivity index (χ1v) is 13.8. The van der Waals surface area contributed by atoms with E-state index in [1.807, 2.05) is 24.3 Å². The van der Waals surface area contributed by atoms with Gasteiger partial charge in [-0.1, -0.05) is 51.9 Å². The Balaban J connectivity index is 1.65. The molecule has 0 aliphatic rings. The molecule has 8 heteroatoms. The molecule has 0 saturated heterocycles. The second kappa shape index (κ2) is 26.6. The fraction of sp³-hybridized carbons (Fsp3) is 0.786. The van der Waals surface area contributed by atoms with Gasteiger partial charge in [0.25, 0.3) is 0 Å². The van der Waals surface area contributed by atoms with Crippen LogP contribution in [0, 0.1) is 0 Å². The minimum absolute atomic E-state index is 0.491. The zero-order valence-electron chi connectivity index (χ0n) is 22.6. The molecule has 0 aliphatic heterocycles. The Morgan fingerprint density at radius 3 is 1.25 bits per heavy atom. The predicted molar refractivity (Wildman–Crippen MR) is 144 cm³/mol. The second-order valence-electron chi connectivity index (χ2n) is 8.57. The van der Waals surface area contributed by atoms with Crippen molar-refractivity contribution in [3.05, 3.63) is 24.3 Å². The molecule has 0 spiro atoms. The largest absolute Gasteiger partial charge is 0.491 e. The third-order valence-corrected chi connectivity index (χ3v) is 5.38. The molecule has 0 aliphatic carbocycles. The lowest BCUT2D eigenvalue weighted by Gasteiger charge is -2.09. The fourth-order valence-corrected chi connectivity index (χ4v) is 3.32. The Morgan fingerprint density at radius 1 is 0.444 bits per heavy atom. The number of rotatable bonds is 28. The molecule has 0 unspecified atom stereocenters. The molecule has 8 nitrogen and oxygen atoms in total. The van der Waals surface area contributed by atoms with E-state index in [-0.39, 0.29) is 0 Å². The molecule has 36 heavy (non-hydrogen) atoms. The molecule has 1 aromatic carbocycles. The third-order valence-electron chi connectivity index (χ3n) is 5.38. The average molecular weight is 514 g/mol.